The van der Waals surface area contributed by atoms with Crippen LogP contribution < -0.4 is 11.2 Å². The van der Waals surface area contributed by atoms with Crippen molar-refractivity contribution in [1.82, 2.24) is 19.5 Å². The highest BCUT2D eigenvalue weighted by molar-refractivity contribution is 7.85. The summed E-state index contributed by atoms with van der Waals surface area (Å²) in [5.74, 6) is 0. The first-order valence-electron chi connectivity index (χ1n) is 6.99. The number of fused-ring (bicyclic) bond motifs is 1. The molecule has 0 bridgehead atoms. The lowest BCUT2D eigenvalue weighted by atomic mass is 10.3. The van der Waals surface area contributed by atoms with Crippen LogP contribution in [0.1, 0.15) is 13.2 Å². The van der Waals surface area contributed by atoms with Gasteiger partial charge in [-0.05, 0) is 6.92 Å². The van der Waals surface area contributed by atoms with Gasteiger partial charge in [0, 0.05) is 0 Å². The van der Waals surface area contributed by atoms with Crippen LogP contribution in [0.2, 0.25) is 0 Å². The van der Waals surface area contributed by atoms with E-state index >= 15 is 0 Å². The van der Waals surface area contributed by atoms with Crippen LogP contribution in [0.15, 0.2) is 15.9 Å². The number of hydrogen-bond acceptors (Lipinski definition) is 8. The molecule has 13 heteroatoms. The number of aromatic nitrogens is 4. The Morgan fingerprint density at radius 3 is 2.83 bits per heavy atom. The third-order valence-corrected chi connectivity index (χ3v) is 4.41. The van der Waals surface area contributed by atoms with Crippen molar-refractivity contribution in [3.05, 3.63) is 27.2 Å². The van der Waals surface area contributed by atoms with E-state index in [0.717, 1.165) is 0 Å². The number of rotatable bonds is 1. The van der Waals surface area contributed by atoms with Gasteiger partial charge >= 0.3 is 21.1 Å². The third-order valence-electron chi connectivity index (χ3n) is 3.37. The van der Waals surface area contributed by atoms with Gasteiger partial charge in [0.2, 0.25) is 0 Å². The van der Waals surface area contributed by atoms with E-state index in [0.29, 0.717) is 0 Å². The van der Waals surface area contributed by atoms with Gasteiger partial charge in [-0.1, -0.05) is 0 Å². The summed E-state index contributed by atoms with van der Waals surface area (Å²) in [6, 6.07) is 0. The zero-order chi connectivity index (χ0) is 17.5. The summed E-state index contributed by atoms with van der Waals surface area (Å²) >= 11 is 0. The van der Waals surface area contributed by atoms with E-state index < -0.39 is 37.5 Å². The molecule has 4 N–H and O–H groups in total. The van der Waals surface area contributed by atoms with Crippen LogP contribution in [0, 0.1) is 0 Å². The molecule has 0 spiro atoms. The van der Waals surface area contributed by atoms with E-state index in [1.165, 1.54) is 10.9 Å². The summed E-state index contributed by atoms with van der Waals surface area (Å²) < 4.78 is 17.1. The molecule has 1 aliphatic heterocycles. The lowest BCUT2D eigenvalue weighted by Crippen LogP contribution is -2.33. The van der Waals surface area contributed by atoms with Gasteiger partial charge < -0.3 is 9.84 Å². The summed E-state index contributed by atoms with van der Waals surface area (Å²) in [5.41, 5.74) is -1.32. The summed E-state index contributed by atoms with van der Waals surface area (Å²) in [6.07, 6.45) is -1.65. The van der Waals surface area contributed by atoms with Gasteiger partial charge in [-0.25, -0.2) is 14.7 Å². The maximum atomic E-state index is 11.8. The monoisotopic (exact) mass is 357 g/mol. The number of nitrogens with zero attached hydrogens (tertiary/aromatic N) is 2. The maximum Gasteiger partial charge on any atom is 0.488 e. The Balaban J connectivity index is 2.03. The average Bonchev–Trinajstić information content (AvgIpc) is 2.93. The second-order valence-corrected chi connectivity index (χ2v) is 6.96. The van der Waals surface area contributed by atoms with Crippen molar-refractivity contribution in [2.45, 2.75) is 25.4 Å². The van der Waals surface area contributed by atoms with Gasteiger partial charge in [-0.15, -0.1) is 0 Å². The second-order valence-electron chi connectivity index (χ2n) is 5.32. The summed E-state index contributed by atoms with van der Waals surface area (Å²) in [7, 11) is 1.92. The Morgan fingerprint density at radius 1 is 1.38 bits per heavy atom. The second kappa shape index (κ2) is 6.39. The third kappa shape index (κ3) is 3.43. The lowest BCUT2D eigenvalue weighted by molar-refractivity contribution is -0.120. The molecule has 24 heavy (non-hydrogen) atoms. The molecule has 1 aliphatic rings. The predicted molar refractivity (Wildman–Crippen MR) is 83.4 cm³/mol. The van der Waals surface area contributed by atoms with Crippen molar-refractivity contribution in [2.75, 3.05) is 13.2 Å². The van der Waals surface area contributed by atoms with Crippen LogP contribution in [0.25, 0.3) is 11.2 Å². The number of hydrogen-bond donors (Lipinski definition) is 4. The molecule has 11 nitrogen and oxygen atoms in total. The van der Waals surface area contributed by atoms with Crippen molar-refractivity contribution < 1.29 is 23.8 Å². The van der Waals surface area contributed by atoms with Crippen LogP contribution >= 0.6 is 7.82 Å². The maximum absolute atomic E-state index is 11.8. The summed E-state index contributed by atoms with van der Waals surface area (Å²) in [5, 5.41) is 10.3. The van der Waals surface area contributed by atoms with Crippen LogP contribution in [0.5, 0.6) is 0 Å². The molecular formula is C11H15BN4O7P+. The standard InChI is InChI=1S/C11H15BN4O7P/c1-5-2-21-24(12,20)22-3-6(17)10(23-5)16-4-13-7-8(16)14-11(19)15-9(7)18/h4-6,10,17,20H,2-3H2,1H3,(H2,14,15,18,19)/q+1/t5-,6-,10+,24?/m0/s1. The van der Waals surface area contributed by atoms with E-state index in [2.05, 4.69) is 15.0 Å². The van der Waals surface area contributed by atoms with Crippen molar-refractivity contribution >= 4 is 26.6 Å². The molecule has 2 aromatic heterocycles. The van der Waals surface area contributed by atoms with Crippen LogP contribution in [-0.2, 0) is 13.8 Å². The van der Waals surface area contributed by atoms with Crippen molar-refractivity contribution in [3.8, 4) is 0 Å². The van der Waals surface area contributed by atoms with Crippen molar-refractivity contribution in [1.29, 1.82) is 0 Å². The first-order chi connectivity index (χ1) is 11.3. The topological polar surface area (TPSA) is 152 Å². The van der Waals surface area contributed by atoms with Gasteiger partial charge in [-0.2, -0.15) is 9.05 Å². The molecule has 0 aromatic carbocycles. The van der Waals surface area contributed by atoms with Crippen molar-refractivity contribution in [2.24, 2.45) is 0 Å². The average molecular weight is 357 g/mol. The fraction of sp³-hybridized carbons (Fsp3) is 0.545. The van der Waals surface area contributed by atoms with E-state index in [9.17, 15) is 19.6 Å². The number of aliphatic hydroxyl groups excluding tert-OH is 1. The first kappa shape index (κ1) is 17.3. The molecule has 0 amide bonds. The molecule has 2 aromatic rings. The molecular weight excluding hydrogens is 342 g/mol. The number of H-pyrrole nitrogens is 2. The molecule has 2 radical (unpaired) electrons. The largest absolute Gasteiger partial charge is 0.488 e. The molecule has 1 fully saturated rings. The number of nitrogens with one attached hydrogen (secondary N) is 2. The minimum Gasteiger partial charge on any atom is -0.386 e. The quantitative estimate of drug-likeness (QED) is 0.358. The fourth-order valence-electron chi connectivity index (χ4n) is 2.28. The van der Waals surface area contributed by atoms with Gasteiger partial charge in [0.25, 0.3) is 5.56 Å². The normalized spacial score (nSPS) is 32.2. The zero-order valence-electron chi connectivity index (χ0n) is 12.6. The smallest absolute Gasteiger partial charge is 0.386 e. The highest BCUT2D eigenvalue weighted by Gasteiger charge is 2.39. The van der Waals surface area contributed by atoms with E-state index in [1.54, 1.807) is 6.92 Å². The molecule has 4 atom stereocenters. The van der Waals surface area contributed by atoms with Crippen molar-refractivity contribution in [3.63, 3.8) is 0 Å². The minimum atomic E-state index is -3.56. The van der Waals surface area contributed by atoms with Crippen LogP contribution in [-0.4, -0.2) is 62.5 Å². The molecule has 128 valence electrons. The number of aromatic amines is 2. The molecule has 1 unspecified atom stereocenters. The molecule has 3 heterocycles. The van der Waals surface area contributed by atoms with E-state index in [-0.39, 0.29) is 24.4 Å². The Bertz CT molecular complexity index is 849. The summed E-state index contributed by atoms with van der Waals surface area (Å²) in [6.45, 7) is 1.18. The van der Waals surface area contributed by atoms with Gasteiger partial charge in [0.1, 0.15) is 25.0 Å². The fourth-order valence-corrected chi connectivity index (χ4v) is 3.14. The van der Waals surface area contributed by atoms with E-state index in [4.69, 9.17) is 21.4 Å². The Labute approximate surface area is 136 Å². The van der Waals surface area contributed by atoms with Crippen LogP contribution in [0.4, 0.5) is 0 Å². The molecule has 0 saturated carbocycles. The zero-order valence-corrected chi connectivity index (χ0v) is 13.5. The highest BCUT2D eigenvalue weighted by Crippen LogP contribution is 2.52. The van der Waals surface area contributed by atoms with Gasteiger partial charge in [0.05, 0.1) is 12.4 Å². The number of imidazole rings is 1. The minimum absolute atomic E-state index is 0.0158. The number of aliphatic hydroxyl groups is 1. The van der Waals surface area contributed by atoms with Gasteiger partial charge in [0.15, 0.2) is 11.7 Å². The summed E-state index contributed by atoms with van der Waals surface area (Å²) in [4.78, 5) is 41.4. The van der Waals surface area contributed by atoms with Crippen LogP contribution in [0.3, 0.4) is 0 Å². The first-order valence-corrected chi connectivity index (χ1v) is 8.63. The predicted octanol–water partition coefficient (Wildman–Crippen LogP) is -1.44. The lowest BCUT2D eigenvalue weighted by Gasteiger charge is -2.25. The molecule has 1 saturated heterocycles. The van der Waals surface area contributed by atoms with E-state index in [1.807, 2.05) is 0 Å². The molecule has 3 rings (SSSR count). The number of ether oxygens (including phenoxy) is 1. The Kier molecular flexibility index (Phi) is 4.60. The Hall–Kier alpha value is -1.56. The highest BCUT2D eigenvalue weighted by atomic mass is 31.2. The molecule has 0 aliphatic carbocycles. The SMILES string of the molecule is [B][P+]1(O)OC[C@H](C)O[C@@H](n2cnc3c(=O)[nH]c(=O)[nH]c32)[C@@H](O)CO1. The van der Waals surface area contributed by atoms with Gasteiger partial charge in [-0.3, -0.25) is 19.3 Å². The Morgan fingerprint density at radius 2 is 2.08 bits per heavy atom.